The molecule has 106 valence electrons. The minimum Gasteiger partial charge on any atom is -0.313 e. The predicted molar refractivity (Wildman–Crippen MR) is 82.4 cm³/mol. The lowest BCUT2D eigenvalue weighted by Gasteiger charge is -2.46. The first-order chi connectivity index (χ1) is 8.63. The van der Waals surface area contributed by atoms with Gasteiger partial charge in [0.25, 0.3) is 0 Å². The quantitative estimate of drug-likeness (QED) is 0.845. The van der Waals surface area contributed by atoms with Gasteiger partial charge in [0.2, 0.25) is 0 Å². The van der Waals surface area contributed by atoms with E-state index in [0.29, 0.717) is 5.41 Å². The summed E-state index contributed by atoms with van der Waals surface area (Å²) < 4.78 is 0. The second-order valence-corrected chi connectivity index (χ2v) is 7.71. The van der Waals surface area contributed by atoms with Gasteiger partial charge in [-0.15, -0.1) is 0 Å². The average molecular weight is 270 g/mol. The van der Waals surface area contributed by atoms with Crippen molar-refractivity contribution in [3.05, 3.63) is 0 Å². The molecule has 0 bridgehead atoms. The summed E-state index contributed by atoms with van der Waals surface area (Å²) in [6, 6.07) is 1.51. The number of piperidine rings is 1. The summed E-state index contributed by atoms with van der Waals surface area (Å²) in [5.41, 5.74) is 0.496. The molecule has 0 aliphatic carbocycles. The Hall–Kier alpha value is 0.270. The third-order valence-electron chi connectivity index (χ3n) is 4.78. The van der Waals surface area contributed by atoms with Gasteiger partial charge in [-0.1, -0.05) is 27.2 Å². The van der Waals surface area contributed by atoms with Gasteiger partial charge >= 0.3 is 0 Å². The number of rotatable bonds is 4. The molecule has 0 aromatic heterocycles. The highest BCUT2D eigenvalue weighted by Crippen LogP contribution is 2.37. The van der Waals surface area contributed by atoms with Gasteiger partial charge in [-0.05, 0) is 43.5 Å². The first-order valence-corrected chi connectivity index (χ1v) is 8.84. The van der Waals surface area contributed by atoms with Crippen molar-refractivity contribution >= 4 is 11.8 Å². The molecule has 0 amide bonds. The van der Waals surface area contributed by atoms with Crippen molar-refractivity contribution in [2.75, 3.05) is 31.1 Å². The molecule has 0 aromatic carbocycles. The number of thioether (sulfide) groups is 1. The zero-order valence-electron chi connectivity index (χ0n) is 12.4. The third kappa shape index (κ3) is 3.64. The Bertz CT molecular complexity index is 249. The van der Waals surface area contributed by atoms with Crippen molar-refractivity contribution in [2.45, 2.75) is 58.5 Å². The number of hydrogen-bond acceptors (Lipinski definition) is 3. The van der Waals surface area contributed by atoms with Gasteiger partial charge < -0.3 is 5.32 Å². The van der Waals surface area contributed by atoms with E-state index in [1.807, 2.05) is 0 Å². The molecule has 1 N–H and O–H groups in total. The van der Waals surface area contributed by atoms with E-state index in [-0.39, 0.29) is 0 Å². The number of nitrogens with zero attached hydrogens (tertiary/aromatic N) is 1. The van der Waals surface area contributed by atoms with Crippen molar-refractivity contribution in [3.63, 3.8) is 0 Å². The van der Waals surface area contributed by atoms with E-state index in [9.17, 15) is 0 Å². The highest BCUT2D eigenvalue weighted by Gasteiger charge is 2.36. The molecule has 2 heterocycles. The van der Waals surface area contributed by atoms with Crippen LogP contribution in [0.5, 0.6) is 0 Å². The lowest BCUT2D eigenvalue weighted by atomic mass is 9.81. The Morgan fingerprint density at radius 2 is 2.17 bits per heavy atom. The summed E-state index contributed by atoms with van der Waals surface area (Å²) in [5, 5.41) is 3.70. The second kappa shape index (κ2) is 6.62. The Balaban J connectivity index is 1.93. The summed E-state index contributed by atoms with van der Waals surface area (Å²) in [5.74, 6) is 2.68. The maximum Gasteiger partial charge on any atom is 0.0238 e. The van der Waals surface area contributed by atoms with Gasteiger partial charge in [-0.25, -0.2) is 0 Å². The number of hydrogen-bond donors (Lipinski definition) is 1. The van der Waals surface area contributed by atoms with E-state index in [0.717, 1.165) is 12.1 Å². The summed E-state index contributed by atoms with van der Waals surface area (Å²) >= 11 is 2.15. The Morgan fingerprint density at radius 1 is 1.33 bits per heavy atom. The SMILES string of the molecule is CCN(CC1CCCCN1)C1CSCCC1(C)C. The van der Waals surface area contributed by atoms with E-state index < -0.39 is 0 Å². The minimum absolute atomic E-state index is 0.496. The van der Waals surface area contributed by atoms with Crippen molar-refractivity contribution in [2.24, 2.45) is 5.41 Å². The highest BCUT2D eigenvalue weighted by atomic mass is 32.2. The predicted octanol–water partition coefficient (Wildman–Crippen LogP) is 2.98. The fourth-order valence-electron chi connectivity index (χ4n) is 3.36. The summed E-state index contributed by atoms with van der Waals surface area (Å²) in [4.78, 5) is 2.75. The lowest BCUT2D eigenvalue weighted by Crippen LogP contribution is -2.54. The molecule has 2 saturated heterocycles. The van der Waals surface area contributed by atoms with E-state index in [1.165, 1.54) is 56.8 Å². The summed E-state index contributed by atoms with van der Waals surface area (Å²) in [6.07, 6.45) is 5.53. The highest BCUT2D eigenvalue weighted by molar-refractivity contribution is 7.99. The van der Waals surface area contributed by atoms with E-state index in [4.69, 9.17) is 0 Å². The average Bonchev–Trinajstić information content (AvgIpc) is 2.37. The molecule has 2 rings (SSSR count). The molecule has 2 atom stereocenters. The normalized spacial score (nSPS) is 32.7. The van der Waals surface area contributed by atoms with Crippen LogP contribution in [0.25, 0.3) is 0 Å². The second-order valence-electron chi connectivity index (χ2n) is 6.56. The Kier molecular flexibility index (Phi) is 5.40. The first kappa shape index (κ1) is 14.7. The molecule has 3 heteroatoms. The van der Waals surface area contributed by atoms with Crippen LogP contribution in [0.15, 0.2) is 0 Å². The molecular formula is C15H30N2S. The molecule has 0 radical (unpaired) electrons. The number of nitrogens with one attached hydrogen (secondary N) is 1. The van der Waals surface area contributed by atoms with Gasteiger partial charge in [0.15, 0.2) is 0 Å². The van der Waals surface area contributed by atoms with Crippen molar-refractivity contribution in [1.29, 1.82) is 0 Å². The fourth-order valence-corrected chi connectivity index (χ4v) is 5.08. The van der Waals surface area contributed by atoms with Crippen LogP contribution in [0.3, 0.4) is 0 Å². The van der Waals surface area contributed by atoms with Crippen LogP contribution >= 0.6 is 11.8 Å². The van der Waals surface area contributed by atoms with Crippen LogP contribution in [0, 0.1) is 5.41 Å². The van der Waals surface area contributed by atoms with Crippen LogP contribution in [-0.2, 0) is 0 Å². The molecule has 2 fully saturated rings. The monoisotopic (exact) mass is 270 g/mol. The van der Waals surface area contributed by atoms with Gasteiger partial charge in [-0.3, -0.25) is 4.90 Å². The molecule has 2 nitrogen and oxygen atoms in total. The van der Waals surface area contributed by atoms with E-state index in [2.05, 4.69) is 42.7 Å². The van der Waals surface area contributed by atoms with Gasteiger partial charge in [-0.2, -0.15) is 11.8 Å². The maximum absolute atomic E-state index is 3.70. The van der Waals surface area contributed by atoms with Crippen LogP contribution in [0.4, 0.5) is 0 Å². The molecule has 0 saturated carbocycles. The van der Waals surface area contributed by atoms with Crippen LogP contribution in [-0.4, -0.2) is 48.1 Å². The molecule has 2 unspecified atom stereocenters. The summed E-state index contributed by atoms with van der Waals surface area (Å²) in [6.45, 7) is 10.9. The third-order valence-corrected chi connectivity index (χ3v) is 5.83. The van der Waals surface area contributed by atoms with Crippen molar-refractivity contribution in [1.82, 2.24) is 10.2 Å². The largest absolute Gasteiger partial charge is 0.313 e. The minimum atomic E-state index is 0.496. The van der Waals surface area contributed by atoms with Gasteiger partial charge in [0.05, 0.1) is 0 Å². The van der Waals surface area contributed by atoms with Crippen LogP contribution in [0.2, 0.25) is 0 Å². The molecule has 2 aliphatic heterocycles. The van der Waals surface area contributed by atoms with Crippen LogP contribution < -0.4 is 5.32 Å². The molecule has 0 spiro atoms. The van der Waals surface area contributed by atoms with Gasteiger partial charge in [0.1, 0.15) is 0 Å². The van der Waals surface area contributed by atoms with Crippen molar-refractivity contribution in [3.8, 4) is 0 Å². The standard InChI is InChI=1S/C15H30N2S/c1-4-17(11-13-7-5-6-9-16-13)14-12-18-10-8-15(14,2)3/h13-14,16H,4-12H2,1-3H3. The van der Waals surface area contributed by atoms with E-state index >= 15 is 0 Å². The molecule has 0 aromatic rings. The van der Waals surface area contributed by atoms with E-state index in [1.54, 1.807) is 0 Å². The van der Waals surface area contributed by atoms with Crippen LogP contribution in [0.1, 0.15) is 46.5 Å². The smallest absolute Gasteiger partial charge is 0.0238 e. The zero-order chi connectivity index (χ0) is 13.0. The summed E-state index contributed by atoms with van der Waals surface area (Å²) in [7, 11) is 0. The first-order valence-electron chi connectivity index (χ1n) is 7.68. The Labute approximate surface area is 117 Å². The maximum atomic E-state index is 3.70. The van der Waals surface area contributed by atoms with Gasteiger partial charge in [0, 0.05) is 24.4 Å². The zero-order valence-corrected chi connectivity index (χ0v) is 13.2. The number of likely N-dealkylation sites (N-methyl/N-ethyl adjacent to an activating group) is 1. The Morgan fingerprint density at radius 3 is 2.78 bits per heavy atom. The fraction of sp³-hybridized carbons (Fsp3) is 1.00. The molecular weight excluding hydrogens is 240 g/mol. The molecule has 2 aliphatic rings. The molecule has 18 heavy (non-hydrogen) atoms. The topological polar surface area (TPSA) is 15.3 Å². The van der Waals surface area contributed by atoms with Crippen molar-refractivity contribution < 1.29 is 0 Å². The lowest BCUT2D eigenvalue weighted by molar-refractivity contribution is 0.0884.